The van der Waals surface area contributed by atoms with Crippen LogP contribution in [0, 0.1) is 5.82 Å². The van der Waals surface area contributed by atoms with Crippen molar-refractivity contribution in [2.24, 2.45) is 15.1 Å². The molecule has 0 amide bonds. The van der Waals surface area contributed by atoms with E-state index in [-0.39, 0.29) is 24.5 Å². The molecular formula is C12H11BFN3O2. The molecule has 19 heavy (non-hydrogen) atoms. The molecular weight excluding hydrogens is 248 g/mol. The van der Waals surface area contributed by atoms with E-state index < -0.39 is 5.54 Å². The molecule has 2 radical (unpaired) electrons. The van der Waals surface area contributed by atoms with Gasteiger partial charge in [0.05, 0.1) is 6.61 Å². The zero-order valence-electron chi connectivity index (χ0n) is 10.1. The second-order valence-electron chi connectivity index (χ2n) is 4.43. The zero-order chi connectivity index (χ0) is 13.3. The Hall–Kier alpha value is -1.76. The highest BCUT2D eigenvalue weighted by molar-refractivity contribution is 6.05. The Bertz CT molecular complexity index is 552. The van der Waals surface area contributed by atoms with Gasteiger partial charge in [0, 0.05) is 12.0 Å². The monoisotopic (exact) mass is 259 g/mol. The minimum atomic E-state index is -0.798. The molecule has 0 saturated carbocycles. The van der Waals surface area contributed by atoms with Gasteiger partial charge in [-0.25, -0.2) is 9.38 Å². The topological polar surface area (TPSA) is 55.5 Å². The normalized spacial score (nSPS) is 29.9. The summed E-state index contributed by atoms with van der Waals surface area (Å²) in [6.45, 7) is 0.755. The molecule has 0 spiro atoms. The summed E-state index contributed by atoms with van der Waals surface area (Å²) < 4.78 is 25.0. The highest BCUT2D eigenvalue weighted by Gasteiger charge is 2.50. The Morgan fingerprint density at radius 1 is 1.42 bits per heavy atom. The maximum absolute atomic E-state index is 14.1. The van der Waals surface area contributed by atoms with Crippen molar-refractivity contribution in [3.05, 3.63) is 35.6 Å². The molecule has 1 fully saturated rings. The molecule has 1 aromatic rings. The Morgan fingerprint density at radius 3 is 3.05 bits per heavy atom. The van der Waals surface area contributed by atoms with Crippen LogP contribution in [0.1, 0.15) is 12.0 Å². The summed E-state index contributed by atoms with van der Waals surface area (Å²) in [4.78, 5) is 4.39. The van der Waals surface area contributed by atoms with E-state index in [0.717, 1.165) is 0 Å². The molecule has 96 valence electrons. The molecule has 7 heteroatoms. The van der Waals surface area contributed by atoms with Crippen LogP contribution >= 0.6 is 0 Å². The van der Waals surface area contributed by atoms with Gasteiger partial charge < -0.3 is 9.47 Å². The summed E-state index contributed by atoms with van der Waals surface area (Å²) in [6, 6.07) is 6.60. The Morgan fingerprint density at radius 2 is 2.26 bits per heavy atom. The van der Waals surface area contributed by atoms with Crippen LogP contribution in [0.4, 0.5) is 4.39 Å². The fourth-order valence-corrected chi connectivity index (χ4v) is 2.60. The van der Waals surface area contributed by atoms with Crippen LogP contribution in [0.5, 0.6) is 0 Å². The van der Waals surface area contributed by atoms with Crippen molar-refractivity contribution in [3.63, 3.8) is 0 Å². The summed E-state index contributed by atoms with van der Waals surface area (Å²) in [5.74, 6) is -0.312. The van der Waals surface area contributed by atoms with E-state index in [9.17, 15) is 4.39 Å². The van der Waals surface area contributed by atoms with Crippen molar-refractivity contribution in [1.29, 1.82) is 0 Å². The van der Waals surface area contributed by atoms with E-state index >= 15 is 0 Å². The molecule has 2 heterocycles. The molecule has 1 aromatic carbocycles. The molecule has 0 aliphatic carbocycles. The number of benzene rings is 1. The predicted octanol–water partition coefficient (Wildman–Crippen LogP) is 1.73. The molecule has 2 aliphatic rings. The van der Waals surface area contributed by atoms with E-state index in [4.69, 9.17) is 17.5 Å². The lowest BCUT2D eigenvalue weighted by atomic mass is 9.83. The van der Waals surface area contributed by atoms with E-state index in [2.05, 4.69) is 15.1 Å². The number of nitrogens with zero attached hydrogens (tertiary/aromatic N) is 3. The fraction of sp³-hybridized carbons (Fsp3) is 0.417. The van der Waals surface area contributed by atoms with Crippen molar-refractivity contribution < 1.29 is 13.9 Å². The van der Waals surface area contributed by atoms with Crippen molar-refractivity contribution in [2.75, 3.05) is 13.2 Å². The third-order valence-corrected chi connectivity index (χ3v) is 3.48. The number of fused-ring (bicyclic) bond motifs is 1. The maximum Gasteiger partial charge on any atom is 0.330 e. The van der Waals surface area contributed by atoms with Crippen LogP contribution in [0.15, 0.2) is 39.4 Å². The van der Waals surface area contributed by atoms with Crippen LogP contribution < -0.4 is 0 Å². The lowest BCUT2D eigenvalue weighted by Gasteiger charge is -2.34. The van der Waals surface area contributed by atoms with Crippen molar-refractivity contribution in [3.8, 4) is 0 Å². The maximum atomic E-state index is 14.1. The van der Waals surface area contributed by atoms with Crippen LogP contribution in [-0.2, 0) is 15.0 Å². The fourth-order valence-electron chi connectivity index (χ4n) is 2.60. The minimum Gasteiger partial charge on any atom is -0.460 e. The third kappa shape index (κ3) is 1.94. The van der Waals surface area contributed by atoms with Crippen molar-refractivity contribution >= 4 is 14.0 Å². The Balaban J connectivity index is 2.12. The Kier molecular flexibility index (Phi) is 3.06. The number of rotatable bonds is 1. The van der Waals surface area contributed by atoms with E-state index in [1.54, 1.807) is 18.2 Å². The first-order valence-electron chi connectivity index (χ1n) is 5.96. The van der Waals surface area contributed by atoms with Crippen LogP contribution in [0.3, 0.4) is 0 Å². The van der Waals surface area contributed by atoms with Gasteiger partial charge in [-0.1, -0.05) is 18.2 Å². The lowest BCUT2D eigenvalue weighted by Crippen LogP contribution is -2.42. The van der Waals surface area contributed by atoms with Crippen molar-refractivity contribution in [1.82, 2.24) is 0 Å². The van der Waals surface area contributed by atoms with Gasteiger partial charge in [0.15, 0.2) is 0 Å². The average Bonchev–Trinajstić information content (AvgIpc) is 2.83. The quantitative estimate of drug-likeness (QED) is 0.569. The van der Waals surface area contributed by atoms with Gasteiger partial charge in [0.1, 0.15) is 24.1 Å². The third-order valence-electron chi connectivity index (χ3n) is 3.48. The predicted molar refractivity (Wildman–Crippen MR) is 66.4 cm³/mol. The highest BCUT2D eigenvalue weighted by Crippen LogP contribution is 2.43. The molecule has 5 nitrogen and oxygen atoms in total. The van der Waals surface area contributed by atoms with Crippen LogP contribution in [-0.4, -0.2) is 33.3 Å². The van der Waals surface area contributed by atoms with E-state index in [1.165, 1.54) is 6.07 Å². The second kappa shape index (κ2) is 4.73. The summed E-state index contributed by atoms with van der Waals surface area (Å²) >= 11 is 0. The van der Waals surface area contributed by atoms with Gasteiger partial charge in [-0.15, -0.1) is 5.11 Å². The van der Waals surface area contributed by atoms with Gasteiger partial charge in [0.25, 0.3) is 7.98 Å². The second-order valence-corrected chi connectivity index (χ2v) is 4.43. The Labute approximate surface area is 111 Å². The number of amidine groups is 1. The van der Waals surface area contributed by atoms with Crippen molar-refractivity contribution in [2.45, 2.75) is 18.1 Å². The van der Waals surface area contributed by atoms with E-state index in [0.29, 0.717) is 18.6 Å². The molecule has 0 unspecified atom stereocenters. The standard InChI is InChI=1S/C12H11BFN3O2/c13-17-16-11-15-12(5-6-18-10(12)7-19-11)8-3-1-2-4-9(8)14/h1-4,10H,5-7H2/t10-,12+/m0/s1. The summed E-state index contributed by atoms with van der Waals surface area (Å²) in [6.07, 6.45) is 0.257. The number of ether oxygens (including phenoxy) is 2. The summed E-state index contributed by atoms with van der Waals surface area (Å²) in [7, 11) is 5.00. The molecule has 0 bridgehead atoms. The first-order chi connectivity index (χ1) is 9.26. The van der Waals surface area contributed by atoms with Gasteiger partial charge in [-0.05, 0) is 6.07 Å². The zero-order valence-corrected chi connectivity index (χ0v) is 10.1. The van der Waals surface area contributed by atoms with Crippen LogP contribution in [0.25, 0.3) is 0 Å². The van der Waals surface area contributed by atoms with Crippen LogP contribution in [0.2, 0.25) is 0 Å². The summed E-state index contributed by atoms with van der Waals surface area (Å²) in [5.41, 5.74) is -0.307. The van der Waals surface area contributed by atoms with Gasteiger partial charge >= 0.3 is 6.02 Å². The smallest absolute Gasteiger partial charge is 0.330 e. The molecule has 0 aromatic heterocycles. The highest BCUT2D eigenvalue weighted by atomic mass is 19.1. The first-order valence-corrected chi connectivity index (χ1v) is 5.96. The molecule has 2 atom stereocenters. The lowest BCUT2D eigenvalue weighted by molar-refractivity contribution is 0.0207. The number of aliphatic imine (C=N–C) groups is 1. The largest absolute Gasteiger partial charge is 0.460 e. The molecule has 1 saturated heterocycles. The number of hydrogen-bond acceptors (Lipinski definition) is 5. The van der Waals surface area contributed by atoms with Gasteiger partial charge in [-0.3, -0.25) is 5.03 Å². The first kappa shape index (κ1) is 12.3. The van der Waals surface area contributed by atoms with E-state index in [1.807, 2.05) is 0 Å². The average molecular weight is 259 g/mol. The molecule has 3 rings (SSSR count). The van der Waals surface area contributed by atoms with Gasteiger partial charge in [-0.2, -0.15) is 0 Å². The molecule has 0 N–H and O–H groups in total. The van der Waals surface area contributed by atoms with Gasteiger partial charge in [0.2, 0.25) is 0 Å². The summed E-state index contributed by atoms with van der Waals surface area (Å²) in [5, 5.41) is 6.75. The number of halogens is 1. The molecule has 2 aliphatic heterocycles. The number of hydrogen-bond donors (Lipinski definition) is 0. The minimum absolute atomic E-state index is 0.0625. The SMILES string of the molecule is [B]N=NC1=N[C@@]2(c3ccccc3F)CCO[C@H]2CO1.